The van der Waals surface area contributed by atoms with E-state index >= 15 is 0 Å². The molecule has 3 aromatic carbocycles. The van der Waals surface area contributed by atoms with Gasteiger partial charge in [0.15, 0.2) is 5.96 Å². The number of hydrogen-bond donors (Lipinski definition) is 9. The molecule has 0 aliphatic heterocycles. The minimum Gasteiger partial charge on any atom is -0.508 e. The summed E-state index contributed by atoms with van der Waals surface area (Å²) in [5, 5.41) is 36.8. The fourth-order valence-corrected chi connectivity index (χ4v) is 4.70. The van der Waals surface area contributed by atoms with E-state index in [2.05, 4.69) is 20.9 Å². The van der Waals surface area contributed by atoms with E-state index in [1.54, 1.807) is 54.6 Å². The van der Waals surface area contributed by atoms with Crippen LogP contribution in [0.4, 0.5) is 0 Å². The first-order valence-electron chi connectivity index (χ1n) is 15.0. The number of aliphatic carboxylic acids is 1. The molecular weight excluding hydrogens is 606 g/mol. The first-order chi connectivity index (χ1) is 22.4. The summed E-state index contributed by atoms with van der Waals surface area (Å²) in [6, 6.07) is 16.2. The third kappa shape index (κ3) is 12.4. The van der Waals surface area contributed by atoms with Crippen molar-refractivity contribution in [3.63, 3.8) is 0 Å². The molecule has 0 spiro atoms. The maximum Gasteiger partial charge on any atom is 0.326 e. The third-order valence-electron chi connectivity index (χ3n) is 7.21. The molecule has 47 heavy (non-hydrogen) atoms. The largest absolute Gasteiger partial charge is 0.508 e. The molecule has 0 aliphatic carbocycles. The first kappa shape index (κ1) is 35.8. The minimum absolute atomic E-state index is 0.0107. The van der Waals surface area contributed by atoms with Gasteiger partial charge in [0.2, 0.25) is 17.7 Å². The van der Waals surface area contributed by atoms with Crippen molar-refractivity contribution < 1.29 is 34.5 Å². The second-order valence-corrected chi connectivity index (χ2v) is 11.0. The van der Waals surface area contributed by atoms with Gasteiger partial charge in [0.25, 0.3) is 0 Å². The van der Waals surface area contributed by atoms with E-state index in [4.69, 9.17) is 17.2 Å². The van der Waals surface area contributed by atoms with Crippen LogP contribution in [0, 0.1) is 0 Å². The molecule has 0 saturated heterocycles. The average molecular weight is 648 g/mol. The molecule has 14 heteroatoms. The molecule has 0 fully saturated rings. The molecule has 0 saturated carbocycles. The van der Waals surface area contributed by atoms with Crippen molar-refractivity contribution in [3.05, 3.63) is 95.6 Å². The molecule has 0 aromatic heterocycles. The Kier molecular flexibility index (Phi) is 13.5. The molecule has 3 aromatic rings. The topological polar surface area (TPSA) is 255 Å². The van der Waals surface area contributed by atoms with E-state index in [9.17, 15) is 34.5 Å². The van der Waals surface area contributed by atoms with Gasteiger partial charge in [0.05, 0.1) is 6.04 Å². The monoisotopic (exact) mass is 647 g/mol. The van der Waals surface area contributed by atoms with E-state index in [0.717, 1.165) is 0 Å². The Labute approximate surface area is 272 Å². The van der Waals surface area contributed by atoms with Crippen molar-refractivity contribution in [2.24, 2.45) is 22.2 Å². The normalized spacial score (nSPS) is 13.3. The molecule has 3 rings (SSSR count). The van der Waals surface area contributed by atoms with Gasteiger partial charge in [-0.25, -0.2) is 4.79 Å². The minimum atomic E-state index is -1.34. The van der Waals surface area contributed by atoms with Gasteiger partial charge >= 0.3 is 5.97 Å². The molecule has 0 aliphatic rings. The van der Waals surface area contributed by atoms with Crippen LogP contribution in [0.25, 0.3) is 0 Å². The summed E-state index contributed by atoms with van der Waals surface area (Å²) in [6.07, 6.45) is 0.477. The molecule has 3 amide bonds. The molecule has 4 atom stereocenters. The summed E-state index contributed by atoms with van der Waals surface area (Å²) >= 11 is 0. The van der Waals surface area contributed by atoms with Crippen LogP contribution in [0.2, 0.25) is 0 Å². The number of phenols is 2. The van der Waals surface area contributed by atoms with Crippen molar-refractivity contribution in [2.45, 2.75) is 56.3 Å². The molecule has 12 N–H and O–H groups in total. The van der Waals surface area contributed by atoms with E-state index in [-0.39, 0.29) is 49.7 Å². The number of phenolic OH excluding ortho intramolecular Hbond substituents is 2. The molecule has 0 bridgehead atoms. The maximum atomic E-state index is 13.7. The quantitative estimate of drug-likeness (QED) is 0.0540. The van der Waals surface area contributed by atoms with Gasteiger partial charge in [0.1, 0.15) is 29.6 Å². The lowest BCUT2D eigenvalue weighted by Crippen LogP contribution is -2.58. The van der Waals surface area contributed by atoms with Gasteiger partial charge in [0, 0.05) is 19.4 Å². The lowest BCUT2D eigenvalue weighted by molar-refractivity contribution is -0.142. The molecule has 14 nitrogen and oxygen atoms in total. The van der Waals surface area contributed by atoms with Crippen molar-refractivity contribution in [1.82, 2.24) is 16.0 Å². The average Bonchev–Trinajstić information content (AvgIpc) is 3.04. The molecule has 0 heterocycles. The van der Waals surface area contributed by atoms with Gasteiger partial charge in [-0.2, -0.15) is 0 Å². The van der Waals surface area contributed by atoms with Gasteiger partial charge in [-0.1, -0.05) is 54.6 Å². The van der Waals surface area contributed by atoms with E-state index in [1.165, 1.54) is 24.3 Å². The van der Waals surface area contributed by atoms with Crippen molar-refractivity contribution in [3.8, 4) is 11.5 Å². The van der Waals surface area contributed by atoms with Crippen LogP contribution in [0.5, 0.6) is 11.5 Å². The number of aliphatic imine (C=N–C) groups is 1. The summed E-state index contributed by atoms with van der Waals surface area (Å²) in [6.45, 7) is 0.174. The van der Waals surface area contributed by atoms with Gasteiger partial charge < -0.3 is 48.5 Å². The molecular formula is C33H41N7O7. The number of benzene rings is 3. The predicted octanol–water partition coefficient (Wildman–Crippen LogP) is 0.0456. The predicted molar refractivity (Wildman–Crippen MR) is 175 cm³/mol. The summed E-state index contributed by atoms with van der Waals surface area (Å²) in [7, 11) is 0. The summed E-state index contributed by atoms with van der Waals surface area (Å²) in [5.41, 5.74) is 18.9. The number of nitrogens with one attached hydrogen (secondary N) is 3. The highest BCUT2D eigenvalue weighted by Crippen LogP contribution is 2.13. The SMILES string of the molecule is NC(N)=NCCCC(NC(=O)C(N)Cc1ccc(O)cc1)C(=O)NC(Cc1ccccc1)C(=O)NC(Cc1ccc(O)cc1)C(=O)O. The number of guanidine groups is 1. The standard InChI is InChI=1S/C33H41N7O7/c34-25(17-21-8-12-23(41)13-9-21)29(43)38-26(7-4-16-37-33(35)36)30(44)39-27(18-20-5-2-1-3-6-20)31(45)40-28(32(46)47)19-22-10-14-24(42)15-11-22/h1-3,5-6,8-15,25-28,41-42H,4,7,16-19,34H2,(H,38,43)(H,39,44)(H,40,45)(H,46,47)(H4,35,36,37). The van der Waals surface area contributed by atoms with Crippen LogP contribution in [-0.4, -0.2) is 75.7 Å². The number of nitrogens with two attached hydrogens (primary N) is 3. The highest BCUT2D eigenvalue weighted by atomic mass is 16.4. The fourth-order valence-electron chi connectivity index (χ4n) is 4.70. The summed E-state index contributed by atoms with van der Waals surface area (Å²) < 4.78 is 0. The second kappa shape index (κ2) is 17.8. The maximum absolute atomic E-state index is 13.7. The Hall–Kier alpha value is -5.63. The van der Waals surface area contributed by atoms with Crippen LogP contribution < -0.4 is 33.2 Å². The van der Waals surface area contributed by atoms with Crippen LogP contribution >= 0.6 is 0 Å². The van der Waals surface area contributed by atoms with E-state index in [0.29, 0.717) is 23.1 Å². The number of hydrogen-bond acceptors (Lipinski definition) is 8. The Balaban J connectivity index is 1.79. The fraction of sp³-hybridized carbons (Fsp3) is 0.303. The first-order valence-corrected chi connectivity index (χ1v) is 15.0. The number of aromatic hydroxyl groups is 2. The Bertz CT molecular complexity index is 1510. The van der Waals surface area contributed by atoms with Crippen LogP contribution in [-0.2, 0) is 38.4 Å². The third-order valence-corrected chi connectivity index (χ3v) is 7.21. The number of rotatable bonds is 17. The van der Waals surface area contributed by atoms with Gasteiger partial charge in [-0.3, -0.25) is 19.4 Å². The molecule has 0 radical (unpaired) electrons. The van der Waals surface area contributed by atoms with Crippen molar-refractivity contribution in [2.75, 3.05) is 6.54 Å². The number of carbonyl (C=O) groups is 4. The lowest BCUT2D eigenvalue weighted by atomic mass is 10.0. The summed E-state index contributed by atoms with van der Waals surface area (Å²) in [4.78, 5) is 56.3. The Morgan fingerprint density at radius 1 is 0.638 bits per heavy atom. The number of amides is 3. The van der Waals surface area contributed by atoms with Gasteiger partial charge in [-0.15, -0.1) is 0 Å². The van der Waals surface area contributed by atoms with Crippen LogP contribution in [0.3, 0.4) is 0 Å². The van der Waals surface area contributed by atoms with Crippen molar-refractivity contribution >= 4 is 29.7 Å². The zero-order valence-electron chi connectivity index (χ0n) is 25.7. The highest BCUT2D eigenvalue weighted by molar-refractivity contribution is 5.94. The zero-order valence-corrected chi connectivity index (χ0v) is 25.7. The van der Waals surface area contributed by atoms with Crippen LogP contribution in [0.15, 0.2) is 83.9 Å². The van der Waals surface area contributed by atoms with E-state index < -0.39 is 47.9 Å². The van der Waals surface area contributed by atoms with E-state index in [1.807, 2.05) is 0 Å². The smallest absolute Gasteiger partial charge is 0.326 e. The highest BCUT2D eigenvalue weighted by Gasteiger charge is 2.30. The molecule has 4 unspecified atom stereocenters. The van der Waals surface area contributed by atoms with Crippen LogP contribution in [0.1, 0.15) is 29.5 Å². The number of nitrogens with zero attached hydrogens (tertiary/aromatic N) is 1. The number of carbonyl (C=O) groups excluding carboxylic acids is 3. The second-order valence-electron chi connectivity index (χ2n) is 11.0. The van der Waals surface area contributed by atoms with Gasteiger partial charge in [-0.05, 0) is 60.2 Å². The lowest BCUT2D eigenvalue weighted by Gasteiger charge is -2.25. The summed E-state index contributed by atoms with van der Waals surface area (Å²) in [5.74, 6) is -3.41. The van der Waals surface area contributed by atoms with Crippen molar-refractivity contribution in [1.29, 1.82) is 0 Å². The Morgan fingerprint density at radius 3 is 1.66 bits per heavy atom. The Morgan fingerprint density at radius 2 is 1.11 bits per heavy atom. The number of carboxylic acids is 1. The molecule has 250 valence electrons. The zero-order chi connectivity index (χ0) is 34.3. The number of carboxylic acid groups (broad SMARTS) is 1.